The predicted molar refractivity (Wildman–Crippen MR) is 101 cm³/mol. The van der Waals surface area contributed by atoms with Gasteiger partial charge in [0.2, 0.25) is 0 Å². The molecular weight excluding hydrogens is 340 g/mol. The third-order valence-corrected chi connectivity index (χ3v) is 4.68. The molecule has 1 heterocycles. The molecule has 2 atom stereocenters. The Kier molecular flexibility index (Phi) is 5.19. The molecule has 0 radical (unpaired) electrons. The summed E-state index contributed by atoms with van der Waals surface area (Å²) in [5.41, 5.74) is 1.86. The van der Waals surface area contributed by atoms with Crippen molar-refractivity contribution in [2.24, 2.45) is 16.9 Å². The van der Waals surface area contributed by atoms with Gasteiger partial charge in [-0.3, -0.25) is 4.79 Å². The van der Waals surface area contributed by atoms with Crippen LogP contribution >= 0.6 is 0 Å². The SMILES string of the molecule is COc1ccccc1[C@@H](C(C#N)C#N)[C@@H]1C(=O)N(c2ccccc2)N=C1C. The van der Waals surface area contributed by atoms with E-state index in [-0.39, 0.29) is 5.91 Å². The summed E-state index contributed by atoms with van der Waals surface area (Å²) in [6.07, 6.45) is 0. The topological polar surface area (TPSA) is 89.5 Å². The molecule has 0 N–H and O–H groups in total. The van der Waals surface area contributed by atoms with Crippen LogP contribution in [0.5, 0.6) is 5.75 Å². The molecule has 2 aromatic carbocycles. The van der Waals surface area contributed by atoms with Crippen molar-refractivity contribution in [3.63, 3.8) is 0 Å². The monoisotopic (exact) mass is 358 g/mol. The van der Waals surface area contributed by atoms with Gasteiger partial charge in [-0.25, -0.2) is 5.01 Å². The fourth-order valence-electron chi connectivity index (χ4n) is 3.43. The van der Waals surface area contributed by atoms with Crippen molar-refractivity contribution >= 4 is 17.3 Å². The van der Waals surface area contributed by atoms with Crippen LogP contribution < -0.4 is 9.75 Å². The minimum atomic E-state index is -1.02. The Balaban J connectivity index is 2.09. The molecule has 0 unspecified atom stereocenters. The number of nitrogens with zero attached hydrogens (tertiary/aromatic N) is 4. The first-order valence-electron chi connectivity index (χ1n) is 8.48. The average Bonchev–Trinajstić information content (AvgIpc) is 3.01. The second-order valence-corrected chi connectivity index (χ2v) is 6.21. The number of amides is 1. The van der Waals surface area contributed by atoms with Gasteiger partial charge in [0.15, 0.2) is 0 Å². The van der Waals surface area contributed by atoms with Gasteiger partial charge in [0.05, 0.1) is 30.9 Å². The fraction of sp³-hybridized carbons (Fsp3) is 0.238. The van der Waals surface area contributed by atoms with E-state index in [0.717, 1.165) is 0 Å². The summed E-state index contributed by atoms with van der Waals surface area (Å²) in [6, 6.07) is 20.3. The van der Waals surface area contributed by atoms with Crippen LogP contribution in [0, 0.1) is 34.5 Å². The number of carbonyl (C=O) groups is 1. The van der Waals surface area contributed by atoms with Gasteiger partial charge in [0, 0.05) is 17.2 Å². The highest BCUT2D eigenvalue weighted by atomic mass is 16.5. The van der Waals surface area contributed by atoms with Crippen LogP contribution in [0.15, 0.2) is 59.7 Å². The Labute approximate surface area is 157 Å². The molecule has 0 fully saturated rings. The Bertz CT molecular complexity index is 942. The standard InChI is InChI=1S/C21H18N4O2/c1-14-19(21(26)25(24-14)16-8-4-3-5-9-16)20(15(12-22)13-23)17-10-6-7-11-18(17)27-2/h3-11,15,19-20H,1-2H3/t19-,20-/m1/s1. The number of para-hydroxylation sites is 2. The van der Waals surface area contributed by atoms with E-state index >= 15 is 0 Å². The first-order chi connectivity index (χ1) is 13.1. The van der Waals surface area contributed by atoms with Crippen LogP contribution in [0.1, 0.15) is 18.4 Å². The summed E-state index contributed by atoms with van der Waals surface area (Å²) in [5.74, 6) is -2.13. The minimum absolute atomic E-state index is 0.259. The zero-order valence-electron chi connectivity index (χ0n) is 15.0. The molecule has 6 heteroatoms. The van der Waals surface area contributed by atoms with Crippen LogP contribution in [0.25, 0.3) is 0 Å². The summed E-state index contributed by atoms with van der Waals surface area (Å²) < 4.78 is 5.42. The smallest absolute Gasteiger partial charge is 0.256 e. The molecule has 0 bridgehead atoms. The molecule has 1 aliphatic heterocycles. The molecule has 134 valence electrons. The normalized spacial score (nSPS) is 17.2. The maximum atomic E-state index is 13.2. The van der Waals surface area contributed by atoms with Gasteiger partial charge in [-0.1, -0.05) is 36.4 Å². The molecule has 0 aromatic heterocycles. The lowest BCUT2D eigenvalue weighted by Crippen LogP contribution is -2.34. The number of anilines is 1. The molecule has 6 nitrogen and oxygen atoms in total. The van der Waals surface area contributed by atoms with Crippen molar-refractivity contribution in [1.82, 2.24) is 0 Å². The van der Waals surface area contributed by atoms with Crippen molar-refractivity contribution in [2.75, 3.05) is 12.1 Å². The van der Waals surface area contributed by atoms with Gasteiger partial charge in [0.1, 0.15) is 11.7 Å². The van der Waals surface area contributed by atoms with Crippen LogP contribution in [0.2, 0.25) is 0 Å². The highest BCUT2D eigenvalue weighted by Gasteiger charge is 2.45. The van der Waals surface area contributed by atoms with Crippen molar-refractivity contribution in [2.45, 2.75) is 12.8 Å². The van der Waals surface area contributed by atoms with Crippen molar-refractivity contribution < 1.29 is 9.53 Å². The molecule has 0 aliphatic carbocycles. The Hall–Kier alpha value is -3.64. The Morgan fingerprint density at radius 1 is 1.07 bits per heavy atom. The molecule has 0 saturated carbocycles. The molecule has 1 amide bonds. The van der Waals surface area contributed by atoms with Gasteiger partial charge >= 0.3 is 0 Å². The van der Waals surface area contributed by atoms with Crippen LogP contribution in [0.4, 0.5) is 5.69 Å². The van der Waals surface area contributed by atoms with Gasteiger partial charge < -0.3 is 4.74 Å². The zero-order valence-corrected chi connectivity index (χ0v) is 15.0. The van der Waals surface area contributed by atoms with E-state index in [9.17, 15) is 15.3 Å². The van der Waals surface area contributed by atoms with Gasteiger partial charge in [-0.05, 0) is 25.1 Å². The minimum Gasteiger partial charge on any atom is -0.496 e. The maximum absolute atomic E-state index is 13.2. The summed E-state index contributed by atoms with van der Waals surface area (Å²) in [6.45, 7) is 1.75. The number of hydrazone groups is 1. The quantitative estimate of drug-likeness (QED) is 0.818. The molecule has 2 aromatic rings. The largest absolute Gasteiger partial charge is 0.496 e. The summed E-state index contributed by atoms with van der Waals surface area (Å²) >= 11 is 0. The number of ether oxygens (including phenoxy) is 1. The predicted octanol–water partition coefficient (Wildman–Crippen LogP) is 3.48. The second-order valence-electron chi connectivity index (χ2n) is 6.21. The van der Waals surface area contributed by atoms with Crippen LogP contribution in [0.3, 0.4) is 0 Å². The zero-order chi connectivity index (χ0) is 19.4. The van der Waals surface area contributed by atoms with E-state index in [1.54, 1.807) is 43.3 Å². The third kappa shape index (κ3) is 3.26. The average molecular weight is 358 g/mol. The van der Waals surface area contributed by atoms with E-state index in [2.05, 4.69) is 5.10 Å². The lowest BCUT2D eigenvalue weighted by atomic mass is 9.75. The Morgan fingerprint density at radius 3 is 2.33 bits per heavy atom. The number of nitriles is 2. The van der Waals surface area contributed by atoms with Gasteiger partial charge in [0.25, 0.3) is 5.91 Å². The number of methoxy groups -OCH3 is 1. The summed E-state index contributed by atoms with van der Waals surface area (Å²) in [7, 11) is 1.53. The van der Waals surface area contributed by atoms with E-state index in [1.807, 2.05) is 30.3 Å². The van der Waals surface area contributed by atoms with E-state index < -0.39 is 17.8 Å². The molecule has 3 rings (SSSR count). The first kappa shape index (κ1) is 18.2. The second kappa shape index (κ2) is 7.72. The van der Waals surface area contributed by atoms with Crippen LogP contribution in [-0.2, 0) is 4.79 Å². The number of carbonyl (C=O) groups excluding carboxylic acids is 1. The molecule has 0 spiro atoms. The summed E-state index contributed by atoms with van der Waals surface area (Å²) in [4.78, 5) is 13.2. The van der Waals surface area contributed by atoms with E-state index in [1.165, 1.54) is 12.1 Å². The highest BCUT2D eigenvalue weighted by Crippen LogP contribution is 2.41. The molecule has 0 saturated heterocycles. The molecule has 27 heavy (non-hydrogen) atoms. The van der Waals surface area contributed by atoms with Crippen molar-refractivity contribution in [3.05, 3.63) is 60.2 Å². The van der Waals surface area contributed by atoms with Crippen LogP contribution in [-0.4, -0.2) is 18.7 Å². The molecular formula is C21H18N4O2. The number of rotatable bonds is 5. The van der Waals surface area contributed by atoms with Crippen molar-refractivity contribution in [3.8, 4) is 17.9 Å². The lowest BCUT2D eigenvalue weighted by Gasteiger charge is -2.25. The van der Waals surface area contributed by atoms with Gasteiger partial charge in [-0.15, -0.1) is 0 Å². The summed E-state index contributed by atoms with van der Waals surface area (Å²) in [5, 5.41) is 24.9. The number of hydrogen-bond acceptors (Lipinski definition) is 5. The molecule has 1 aliphatic rings. The number of benzene rings is 2. The van der Waals surface area contributed by atoms with E-state index in [0.29, 0.717) is 22.7 Å². The maximum Gasteiger partial charge on any atom is 0.256 e. The third-order valence-electron chi connectivity index (χ3n) is 4.68. The van der Waals surface area contributed by atoms with Crippen molar-refractivity contribution in [1.29, 1.82) is 10.5 Å². The number of hydrogen-bond donors (Lipinski definition) is 0. The first-order valence-corrected chi connectivity index (χ1v) is 8.48. The van der Waals surface area contributed by atoms with Gasteiger partial charge in [-0.2, -0.15) is 15.6 Å². The van der Waals surface area contributed by atoms with E-state index in [4.69, 9.17) is 4.74 Å². The lowest BCUT2D eigenvalue weighted by molar-refractivity contribution is -0.120. The Morgan fingerprint density at radius 2 is 1.70 bits per heavy atom. The fourth-order valence-corrected chi connectivity index (χ4v) is 3.43. The highest BCUT2D eigenvalue weighted by molar-refractivity contribution is 6.15.